The van der Waals surface area contributed by atoms with Gasteiger partial charge in [0.1, 0.15) is 5.75 Å². The topological polar surface area (TPSA) is 87.1 Å². The number of pyridine rings is 1. The van der Waals surface area contributed by atoms with Gasteiger partial charge in [-0.1, -0.05) is 12.1 Å². The van der Waals surface area contributed by atoms with Crippen molar-refractivity contribution in [1.29, 1.82) is 0 Å². The van der Waals surface area contributed by atoms with Crippen LogP contribution in [0.25, 0.3) is 11.3 Å². The number of phenolic OH excluding ortho intramolecular Hbond substituents is 1. The molecule has 2 amide bonds. The predicted octanol–water partition coefficient (Wildman–Crippen LogP) is 4.08. The highest BCUT2D eigenvalue weighted by Gasteiger charge is 2.07. The molecule has 1 aromatic carbocycles. The summed E-state index contributed by atoms with van der Waals surface area (Å²) in [6.07, 6.45) is 3.40. The molecule has 132 valence electrons. The molecule has 6 nitrogen and oxygen atoms in total. The van der Waals surface area contributed by atoms with Crippen molar-refractivity contribution < 1.29 is 9.90 Å². The molecule has 3 aromatic rings. The molecular formula is C16H16Cl2N4O2S. The van der Waals surface area contributed by atoms with Crippen LogP contribution in [0.2, 0.25) is 0 Å². The number of rotatable bonds is 4. The van der Waals surface area contributed by atoms with Gasteiger partial charge < -0.3 is 10.4 Å². The first-order chi connectivity index (χ1) is 11.2. The zero-order chi connectivity index (χ0) is 16.1. The van der Waals surface area contributed by atoms with Gasteiger partial charge in [-0.15, -0.1) is 36.2 Å². The van der Waals surface area contributed by atoms with Gasteiger partial charge in [-0.05, 0) is 29.8 Å². The lowest BCUT2D eigenvalue weighted by molar-refractivity contribution is 0.251. The highest BCUT2D eigenvalue weighted by atomic mass is 35.5. The molecule has 0 atom stereocenters. The molecule has 3 rings (SSSR count). The van der Waals surface area contributed by atoms with Crippen LogP contribution in [0.5, 0.6) is 5.75 Å². The summed E-state index contributed by atoms with van der Waals surface area (Å²) in [6, 6.07) is 10.1. The third-order valence-electron chi connectivity index (χ3n) is 3.06. The number of hydrogen-bond donors (Lipinski definition) is 3. The van der Waals surface area contributed by atoms with Crippen molar-refractivity contribution in [3.63, 3.8) is 0 Å². The number of anilines is 1. The summed E-state index contributed by atoms with van der Waals surface area (Å²) in [5.41, 5.74) is 2.56. The number of nitrogens with one attached hydrogen (secondary N) is 2. The van der Waals surface area contributed by atoms with Crippen molar-refractivity contribution in [2.24, 2.45) is 0 Å². The Balaban J connectivity index is 0.00000156. The van der Waals surface area contributed by atoms with Crippen molar-refractivity contribution in [2.45, 2.75) is 6.54 Å². The highest BCUT2D eigenvalue weighted by Crippen LogP contribution is 2.24. The SMILES string of the molecule is Cl.Cl.O=C(NCc1cccc(O)c1)Nc1nc(-c2ccncc2)cs1. The predicted molar refractivity (Wildman–Crippen MR) is 104 cm³/mol. The molecule has 0 spiro atoms. The first-order valence-electron chi connectivity index (χ1n) is 6.89. The average Bonchev–Trinajstić information content (AvgIpc) is 3.02. The van der Waals surface area contributed by atoms with E-state index < -0.39 is 0 Å². The molecule has 0 aliphatic rings. The van der Waals surface area contributed by atoms with Crippen molar-refractivity contribution >= 4 is 47.3 Å². The molecule has 0 radical (unpaired) electrons. The van der Waals surface area contributed by atoms with E-state index in [1.54, 1.807) is 30.6 Å². The summed E-state index contributed by atoms with van der Waals surface area (Å²) in [5.74, 6) is 0.173. The van der Waals surface area contributed by atoms with E-state index in [0.717, 1.165) is 16.8 Å². The number of phenols is 1. The highest BCUT2D eigenvalue weighted by molar-refractivity contribution is 7.14. The monoisotopic (exact) mass is 398 g/mol. The number of hydrogen-bond acceptors (Lipinski definition) is 5. The van der Waals surface area contributed by atoms with Crippen LogP contribution in [0, 0.1) is 0 Å². The molecule has 25 heavy (non-hydrogen) atoms. The van der Waals surface area contributed by atoms with Crippen molar-refractivity contribution in [1.82, 2.24) is 15.3 Å². The minimum Gasteiger partial charge on any atom is -0.508 e. The Morgan fingerprint density at radius 3 is 2.64 bits per heavy atom. The van der Waals surface area contributed by atoms with E-state index in [-0.39, 0.29) is 36.6 Å². The Bertz CT molecular complexity index is 815. The standard InChI is InChI=1S/C16H14N4O2S.2ClH/c21-13-3-1-2-11(8-13)9-18-15(22)20-16-19-14(10-23-16)12-4-6-17-7-5-12;;/h1-8,10,21H,9H2,(H2,18,19,20,22);2*1H. The second kappa shape index (κ2) is 9.83. The number of nitrogens with zero attached hydrogens (tertiary/aromatic N) is 2. The summed E-state index contributed by atoms with van der Waals surface area (Å²) < 4.78 is 0. The van der Waals surface area contributed by atoms with E-state index in [1.807, 2.05) is 23.6 Å². The number of benzene rings is 1. The Morgan fingerprint density at radius 1 is 1.16 bits per heavy atom. The van der Waals surface area contributed by atoms with Crippen LogP contribution in [-0.4, -0.2) is 21.1 Å². The molecule has 0 aliphatic heterocycles. The maximum absolute atomic E-state index is 11.9. The molecule has 0 saturated carbocycles. The normalized spacial score (nSPS) is 9.44. The van der Waals surface area contributed by atoms with Crippen LogP contribution in [-0.2, 0) is 6.54 Å². The number of aromatic hydroxyl groups is 1. The van der Waals surface area contributed by atoms with Crippen LogP contribution >= 0.6 is 36.2 Å². The van der Waals surface area contributed by atoms with E-state index >= 15 is 0 Å². The van der Waals surface area contributed by atoms with Gasteiger partial charge in [0, 0.05) is 29.9 Å². The maximum Gasteiger partial charge on any atom is 0.321 e. The van der Waals surface area contributed by atoms with E-state index in [2.05, 4.69) is 20.6 Å². The lowest BCUT2D eigenvalue weighted by atomic mass is 10.2. The molecule has 9 heteroatoms. The quantitative estimate of drug-likeness (QED) is 0.617. The van der Waals surface area contributed by atoms with Gasteiger partial charge in [-0.3, -0.25) is 10.3 Å². The summed E-state index contributed by atoms with van der Waals surface area (Å²) in [6.45, 7) is 0.322. The Labute approximate surface area is 161 Å². The molecular weight excluding hydrogens is 383 g/mol. The number of thiazole rings is 1. The minimum absolute atomic E-state index is 0. The van der Waals surface area contributed by atoms with E-state index in [4.69, 9.17) is 0 Å². The van der Waals surface area contributed by atoms with Crippen LogP contribution in [0.4, 0.5) is 9.93 Å². The zero-order valence-corrected chi connectivity index (χ0v) is 15.3. The van der Waals surface area contributed by atoms with Crippen LogP contribution in [0.15, 0.2) is 54.2 Å². The van der Waals surface area contributed by atoms with Gasteiger partial charge in [0.2, 0.25) is 0 Å². The fourth-order valence-electron chi connectivity index (χ4n) is 1.98. The second-order valence-corrected chi connectivity index (χ2v) is 5.61. The van der Waals surface area contributed by atoms with Gasteiger partial charge in [-0.2, -0.15) is 0 Å². The fourth-order valence-corrected chi connectivity index (χ4v) is 2.69. The minimum atomic E-state index is -0.344. The first kappa shape index (κ1) is 20.7. The summed E-state index contributed by atoms with van der Waals surface area (Å²) in [4.78, 5) is 20.2. The van der Waals surface area contributed by atoms with E-state index in [1.165, 1.54) is 11.3 Å². The van der Waals surface area contributed by atoms with Gasteiger partial charge in [0.15, 0.2) is 5.13 Å². The largest absolute Gasteiger partial charge is 0.508 e. The van der Waals surface area contributed by atoms with Crippen molar-refractivity contribution in [3.05, 3.63) is 59.7 Å². The molecule has 0 unspecified atom stereocenters. The molecule has 0 saturated heterocycles. The number of halogens is 2. The third kappa shape index (κ3) is 5.90. The summed E-state index contributed by atoms with van der Waals surface area (Å²) in [7, 11) is 0. The first-order valence-corrected chi connectivity index (χ1v) is 7.77. The zero-order valence-electron chi connectivity index (χ0n) is 12.9. The Kier molecular flexibility index (Phi) is 8.13. The number of urea groups is 1. The van der Waals surface area contributed by atoms with Crippen molar-refractivity contribution in [2.75, 3.05) is 5.32 Å². The molecule has 2 heterocycles. The van der Waals surface area contributed by atoms with Gasteiger partial charge in [0.25, 0.3) is 0 Å². The van der Waals surface area contributed by atoms with E-state index in [9.17, 15) is 9.90 Å². The molecule has 3 N–H and O–H groups in total. The second-order valence-electron chi connectivity index (χ2n) is 4.75. The average molecular weight is 399 g/mol. The number of aromatic nitrogens is 2. The van der Waals surface area contributed by atoms with Crippen molar-refractivity contribution in [3.8, 4) is 17.0 Å². The third-order valence-corrected chi connectivity index (χ3v) is 3.82. The van der Waals surface area contributed by atoms with E-state index in [0.29, 0.717) is 11.7 Å². The lowest BCUT2D eigenvalue weighted by Crippen LogP contribution is -2.28. The smallest absolute Gasteiger partial charge is 0.321 e. The van der Waals surface area contributed by atoms with Gasteiger partial charge in [0.05, 0.1) is 5.69 Å². The van der Waals surface area contributed by atoms with Crippen LogP contribution in [0.1, 0.15) is 5.56 Å². The summed E-state index contributed by atoms with van der Waals surface area (Å²) in [5, 5.41) is 17.2. The number of carbonyl (C=O) groups is 1. The van der Waals surface area contributed by atoms with Crippen LogP contribution in [0.3, 0.4) is 0 Å². The fraction of sp³-hybridized carbons (Fsp3) is 0.0625. The number of carbonyl (C=O) groups excluding carboxylic acids is 1. The van der Waals surface area contributed by atoms with Gasteiger partial charge in [-0.25, -0.2) is 9.78 Å². The molecule has 2 aromatic heterocycles. The summed E-state index contributed by atoms with van der Waals surface area (Å²) >= 11 is 1.35. The maximum atomic E-state index is 11.9. The van der Waals surface area contributed by atoms with Crippen LogP contribution < -0.4 is 10.6 Å². The molecule has 0 fully saturated rings. The number of amides is 2. The Morgan fingerprint density at radius 2 is 1.92 bits per heavy atom. The Hall–Kier alpha value is -2.35. The van der Waals surface area contributed by atoms with Gasteiger partial charge >= 0.3 is 6.03 Å². The lowest BCUT2D eigenvalue weighted by Gasteiger charge is -2.05. The molecule has 0 aliphatic carbocycles. The molecule has 0 bridgehead atoms.